The Morgan fingerprint density at radius 3 is 2.44 bits per heavy atom. The number of hydrogen-bond donors (Lipinski definition) is 1. The summed E-state index contributed by atoms with van der Waals surface area (Å²) in [5.41, 5.74) is 4.13. The molecule has 144 valence electrons. The van der Waals surface area contributed by atoms with Crippen LogP contribution in [0.4, 0.5) is 5.69 Å². The smallest absolute Gasteiger partial charge is 0.254 e. The summed E-state index contributed by atoms with van der Waals surface area (Å²) in [5.74, 6) is -0.120. The van der Waals surface area contributed by atoms with Crippen molar-refractivity contribution in [3.63, 3.8) is 0 Å². The number of likely N-dealkylation sites (tertiary alicyclic amines) is 1. The molecule has 0 saturated carbocycles. The maximum Gasteiger partial charge on any atom is 0.254 e. The predicted octanol–water partition coefficient (Wildman–Crippen LogP) is 4.31. The quantitative estimate of drug-likeness (QED) is 0.822. The Kier molecular flexibility index (Phi) is 5.49. The number of nitrogens with one attached hydrogen (secondary N) is 1. The third-order valence-corrected chi connectivity index (χ3v) is 5.57. The molecule has 1 unspecified atom stereocenters. The Balaban J connectivity index is 1.91. The molecule has 0 radical (unpaired) electrons. The highest BCUT2D eigenvalue weighted by Gasteiger charge is 2.31. The van der Waals surface area contributed by atoms with Crippen molar-refractivity contribution in [1.82, 2.24) is 4.90 Å². The molecule has 0 aromatic heterocycles. The molecular weight excluding hydrogens is 384 g/mol. The molecule has 1 aliphatic heterocycles. The number of carbonyl (C=O) groups is 1. The van der Waals surface area contributed by atoms with Crippen LogP contribution in [0.5, 0.6) is 0 Å². The minimum absolute atomic E-state index is 0.0260. The summed E-state index contributed by atoms with van der Waals surface area (Å²) in [4.78, 5) is 15.0. The Morgan fingerprint density at radius 2 is 1.81 bits per heavy atom. The number of aryl methyl sites for hydroxylation is 2. The van der Waals surface area contributed by atoms with Crippen LogP contribution in [0.2, 0.25) is 5.02 Å². The lowest BCUT2D eigenvalue weighted by molar-refractivity contribution is 0.0735. The van der Waals surface area contributed by atoms with Crippen LogP contribution < -0.4 is 4.72 Å². The van der Waals surface area contributed by atoms with Gasteiger partial charge in [0.2, 0.25) is 10.0 Å². The van der Waals surface area contributed by atoms with E-state index in [1.165, 1.54) is 17.2 Å². The van der Waals surface area contributed by atoms with Crippen molar-refractivity contribution in [3.8, 4) is 0 Å². The highest BCUT2D eigenvalue weighted by atomic mass is 35.5. The van der Waals surface area contributed by atoms with E-state index in [-0.39, 0.29) is 22.7 Å². The normalized spacial score (nSPS) is 17.2. The highest BCUT2D eigenvalue weighted by molar-refractivity contribution is 7.92. The van der Waals surface area contributed by atoms with Crippen molar-refractivity contribution in [1.29, 1.82) is 0 Å². The minimum atomic E-state index is -3.48. The van der Waals surface area contributed by atoms with Gasteiger partial charge in [-0.2, -0.15) is 0 Å². The molecule has 2 aromatic rings. The summed E-state index contributed by atoms with van der Waals surface area (Å²) in [6.07, 6.45) is 2.90. The SMILES string of the molecule is Cc1cc(C)cc(C2CCCN2C(=O)c2ccc(Cl)c(NS(C)(=O)=O)c2)c1. The molecule has 27 heavy (non-hydrogen) atoms. The fourth-order valence-corrected chi connectivity index (χ4v) is 4.45. The van der Waals surface area contributed by atoms with Gasteiger partial charge in [0.1, 0.15) is 0 Å². The van der Waals surface area contributed by atoms with E-state index in [9.17, 15) is 13.2 Å². The molecular formula is C20H23ClN2O3S. The van der Waals surface area contributed by atoms with E-state index >= 15 is 0 Å². The first-order chi connectivity index (χ1) is 12.6. The van der Waals surface area contributed by atoms with Crippen LogP contribution in [0.25, 0.3) is 0 Å². The molecule has 0 bridgehead atoms. The summed E-state index contributed by atoms with van der Waals surface area (Å²) in [6.45, 7) is 4.79. The van der Waals surface area contributed by atoms with Gasteiger partial charge in [0.15, 0.2) is 0 Å². The average molecular weight is 407 g/mol. The molecule has 5 nitrogen and oxygen atoms in total. The second-order valence-electron chi connectivity index (χ2n) is 7.15. The lowest BCUT2D eigenvalue weighted by atomic mass is 9.99. The van der Waals surface area contributed by atoms with E-state index in [4.69, 9.17) is 11.6 Å². The molecule has 0 spiro atoms. The number of halogens is 1. The van der Waals surface area contributed by atoms with Crippen molar-refractivity contribution in [2.24, 2.45) is 0 Å². The van der Waals surface area contributed by atoms with Gasteiger partial charge < -0.3 is 4.90 Å². The van der Waals surface area contributed by atoms with Gasteiger partial charge in [-0.1, -0.05) is 40.9 Å². The molecule has 1 amide bonds. The zero-order chi connectivity index (χ0) is 19.8. The van der Waals surface area contributed by atoms with Gasteiger partial charge in [-0.25, -0.2) is 8.42 Å². The monoisotopic (exact) mass is 406 g/mol. The van der Waals surface area contributed by atoms with Crippen molar-refractivity contribution >= 4 is 33.2 Å². The highest BCUT2D eigenvalue weighted by Crippen LogP contribution is 2.35. The standard InChI is InChI=1S/C20H23ClN2O3S/c1-13-9-14(2)11-16(10-13)19-5-4-8-23(19)20(24)15-6-7-17(21)18(12-15)22-27(3,25)26/h6-7,9-12,19,22H,4-5,8H2,1-3H3. The summed E-state index contributed by atoms with van der Waals surface area (Å²) in [6, 6.07) is 11.1. The van der Waals surface area contributed by atoms with Crippen molar-refractivity contribution < 1.29 is 13.2 Å². The van der Waals surface area contributed by atoms with Gasteiger partial charge in [-0.05, 0) is 50.5 Å². The summed E-state index contributed by atoms with van der Waals surface area (Å²) < 4.78 is 25.4. The minimum Gasteiger partial charge on any atom is -0.332 e. The summed E-state index contributed by atoms with van der Waals surface area (Å²) in [5, 5.41) is 0.254. The summed E-state index contributed by atoms with van der Waals surface area (Å²) in [7, 11) is -3.48. The molecule has 2 aromatic carbocycles. The number of carbonyl (C=O) groups excluding carboxylic acids is 1. The number of rotatable bonds is 4. The number of anilines is 1. The van der Waals surface area contributed by atoms with E-state index in [1.807, 2.05) is 4.90 Å². The molecule has 1 aliphatic rings. The molecule has 1 atom stereocenters. The molecule has 1 N–H and O–H groups in total. The van der Waals surface area contributed by atoms with Gasteiger partial charge in [0.05, 0.1) is 23.0 Å². The third-order valence-electron chi connectivity index (χ3n) is 4.65. The zero-order valence-electron chi connectivity index (χ0n) is 15.6. The number of nitrogens with zero attached hydrogens (tertiary/aromatic N) is 1. The molecule has 7 heteroatoms. The Bertz CT molecular complexity index is 968. The maximum atomic E-state index is 13.1. The van der Waals surface area contributed by atoms with Crippen LogP contribution >= 0.6 is 11.6 Å². The van der Waals surface area contributed by atoms with Crippen LogP contribution in [0.1, 0.15) is 45.9 Å². The lowest BCUT2D eigenvalue weighted by Crippen LogP contribution is -2.30. The molecule has 3 rings (SSSR count). The van der Waals surface area contributed by atoms with Crippen LogP contribution in [0.3, 0.4) is 0 Å². The fourth-order valence-electron chi connectivity index (χ4n) is 3.66. The Hall–Kier alpha value is -2.05. The molecule has 1 fully saturated rings. The van der Waals surface area contributed by atoms with Gasteiger partial charge in [-0.15, -0.1) is 0 Å². The first-order valence-corrected chi connectivity index (χ1v) is 11.1. The van der Waals surface area contributed by atoms with Crippen molar-refractivity contribution in [2.45, 2.75) is 32.7 Å². The van der Waals surface area contributed by atoms with Gasteiger partial charge >= 0.3 is 0 Å². The van der Waals surface area contributed by atoms with Crippen molar-refractivity contribution in [2.75, 3.05) is 17.5 Å². The fraction of sp³-hybridized carbons (Fsp3) is 0.350. The van der Waals surface area contributed by atoms with E-state index in [1.54, 1.807) is 12.1 Å². The van der Waals surface area contributed by atoms with Crippen LogP contribution in [0, 0.1) is 13.8 Å². The Labute approximate surface area is 165 Å². The van der Waals surface area contributed by atoms with Crippen LogP contribution in [0.15, 0.2) is 36.4 Å². The number of benzene rings is 2. The maximum absolute atomic E-state index is 13.1. The largest absolute Gasteiger partial charge is 0.332 e. The van der Waals surface area contributed by atoms with Crippen LogP contribution in [-0.2, 0) is 10.0 Å². The first kappa shape index (κ1) is 19.7. The van der Waals surface area contributed by atoms with Gasteiger partial charge in [0, 0.05) is 12.1 Å². The molecule has 0 aliphatic carbocycles. The number of amides is 1. The molecule has 1 heterocycles. The van der Waals surface area contributed by atoms with E-state index in [2.05, 4.69) is 36.8 Å². The number of hydrogen-bond acceptors (Lipinski definition) is 3. The summed E-state index contributed by atoms with van der Waals surface area (Å²) >= 11 is 6.07. The molecule has 1 saturated heterocycles. The second-order valence-corrected chi connectivity index (χ2v) is 9.30. The van der Waals surface area contributed by atoms with Crippen LogP contribution in [-0.4, -0.2) is 32.0 Å². The van der Waals surface area contributed by atoms with Crippen molar-refractivity contribution in [3.05, 3.63) is 63.7 Å². The average Bonchev–Trinajstić information content (AvgIpc) is 3.03. The van der Waals surface area contributed by atoms with Gasteiger partial charge in [-0.3, -0.25) is 9.52 Å². The zero-order valence-corrected chi connectivity index (χ0v) is 17.2. The lowest BCUT2D eigenvalue weighted by Gasteiger charge is -2.26. The Morgan fingerprint density at radius 1 is 1.15 bits per heavy atom. The van der Waals surface area contributed by atoms with Gasteiger partial charge in [0.25, 0.3) is 5.91 Å². The van der Waals surface area contributed by atoms with E-state index in [0.29, 0.717) is 12.1 Å². The van der Waals surface area contributed by atoms with E-state index in [0.717, 1.165) is 24.7 Å². The number of sulfonamides is 1. The third kappa shape index (κ3) is 4.62. The second kappa shape index (κ2) is 7.52. The predicted molar refractivity (Wildman–Crippen MR) is 109 cm³/mol. The topological polar surface area (TPSA) is 66.5 Å². The van der Waals surface area contributed by atoms with E-state index < -0.39 is 10.0 Å². The first-order valence-electron chi connectivity index (χ1n) is 8.80.